The second kappa shape index (κ2) is 6.02. The number of nitrogens with one attached hydrogen (secondary N) is 1. The van der Waals surface area contributed by atoms with Crippen molar-refractivity contribution in [1.29, 1.82) is 0 Å². The number of benzene rings is 1. The van der Waals surface area contributed by atoms with E-state index in [0.29, 0.717) is 6.04 Å². The Bertz CT molecular complexity index is 543. The Hall–Kier alpha value is -1.61. The van der Waals surface area contributed by atoms with Crippen LogP contribution in [0.1, 0.15) is 43.3 Å². The van der Waals surface area contributed by atoms with Gasteiger partial charge in [-0.3, -0.25) is 0 Å². The van der Waals surface area contributed by atoms with Crippen LogP contribution in [0, 0.1) is 13.8 Å². The van der Waals surface area contributed by atoms with E-state index in [-0.39, 0.29) is 0 Å². The average molecular weight is 257 g/mol. The number of aromatic nitrogens is 2. The van der Waals surface area contributed by atoms with Gasteiger partial charge in [-0.1, -0.05) is 25.1 Å². The van der Waals surface area contributed by atoms with Crippen LogP contribution in [0.3, 0.4) is 0 Å². The van der Waals surface area contributed by atoms with E-state index in [1.165, 1.54) is 16.9 Å². The van der Waals surface area contributed by atoms with Gasteiger partial charge in [0, 0.05) is 11.7 Å². The summed E-state index contributed by atoms with van der Waals surface area (Å²) >= 11 is 0. The molecule has 0 radical (unpaired) electrons. The van der Waals surface area contributed by atoms with Crippen LogP contribution in [-0.4, -0.2) is 16.3 Å². The number of aryl methyl sites for hydroxylation is 2. The van der Waals surface area contributed by atoms with Crippen LogP contribution in [0.25, 0.3) is 5.69 Å². The van der Waals surface area contributed by atoms with Gasteiger partial charge >= 0.3 is 0 Å². The number of nitrogens with zero attached hydrogens (tertiary/aromatic N) is 2. The first kappa shape index (κ1) is 13.8. The smallest absolute Gasteiger partial charge is 0.0696 e. The predicted molar refractivity (Wildman–Crippen MR) is 79.7 cm³/mol. The lowest BCUT2D eigenvalue weighted by Crippen LogP contribution is -2.21. The molecule has 1 aromatic carbocycles. The van der Waals surface area contributed by atoms with Crippen molar-refractivity contribution in [3.63, 3.8) is 0 Å². The maximum absolute atomic E-state index is 4.59. The zero-order valence-corrected chi connectivity index (χ0v) is 12.3. The monoisotopic (exact) mass is 257 g/mol. The van der Waals surface area contributed by atoms with Gasteiger partial charge in [0.15, 0.2) is 0 Å². The molecule has 0 amide bonds. The molecule has 0 bridgehead atoms. The lowest BCUT2D eigenvalue weighted by Gasteiger charge is -2.18. The van der Waals surface area contributed by atoms with E-state index in [0.717, 1.165) is 18.7 Å². The van der Waals surface area contributed by atoms with Gasteiger partial charge in [-0.25, -0.2) is 4.68 Å². The molecule has 1 unspecified atom stereocenters. The molecule has 0 fully saturated rings. The number of para-hydroxylation sites is 1. The molecule has 1 aromatic heterocycles. The third-order valence-electron chi connectivity index (χ3n) is 3.34. The summed E-state index contributed by atoms with van der Waals surface area (Å²) in [5, 5.41) is 8.14. The molecule has 1 heterocycles. The lowest BCUT2D eigenvalue weighted by atomic mass is 10.1. The highest BCUT2D eigenvalue weighted by Crippen LogP contribution is 2.22. The van der Waals surface area contributed by atoms with E-state index >= 15 is 0 Å². The average Bonchev–Trinajstić information content (AvgIpc) is 2.75. The minimum absolute atomic E-state index is 0.333. The van der Waals surface area contributed by atoms with Gasteiger partial charge in [0.1, 0.15) is 0 Å². The molecule has 0 aliphatic heterocycles. The molecule has 19 heavy (non-hydrogen) atoms. The molecule has 3 nitrogen and oxygen atoms in total. The molecular weight excluding hydrogens is 234 g/mol. The number of hydrogen-bond acceptors (Lipinski definition) is 2. The Labute approximate surface area is 115 Å². The van der Waals surface area contributed by atoms with Crippen molar-refractivity contribution in [3.8, 4) is 5.69 Å². The Morgan fingerprint density at radius 2 is 2.00 bits per heavy atom. The van der Waals surface area contributed by atoms with E-state index in [4.69, 9.17) is 0 Å². The molecule has 0 saturated carbocycles. The summed E-state index contributed by atoms with van der Waals surface area (Å²) in [6.07, 6.45) is 1.15. The van der Waals surface area contributed by atoms with Crippen LogP contribution in [-0.2, 0) is 0 Å². The molecule has 0 aliphatic rings. The van der Waals surface area contributed by atoms with Crippen molar-refractivity contribution < 1.29 is 0 Å². The Morgan fingerprint density at radius 3 is 2.63 bits per heavy atom. The van der Waals surface area contributed by atoms with Crippen molar-refractivity contribution in [2.75, 3.05) is 6.54 Å². The highest BCUT2D eigenvalue weighted by Gasteiger charge is 2.13. The molecule has 3 heteroatoms. The summed E-state index contributed by atoms with van der Waals surface area (Å²) in [5.41, 5.74) is 4.69. The summed E-state index contributed by atoms with van der Waals surface area (Å²) in [6.45, 7) is 9.56. The van der Waals surface area contributed by atoms with Crippen molar-refractivity contribution in [2.45, 2.75) is 40.2 Å². The first-order valence-electron chi connectivity index (χ1n) is 6.99. The summed E-state index contributed by atoms with van der Waals surface area (Å²) in [7, 11) is 0. The maximum Gasteiger partial charge on any atom is 0.0696 e. The van der Waals surface area contributed by atoms with Crippen LogP contribution < -0.4 is 5.32 Å². The van der Waals surface area contributed by atoms with E-state index in [1.807, 2.05) is 11.6 Å². The zero-order valence-electron chi connectivity index (χ0n) is 12.3. The standard InChI is InChI=1S/C16H23N3/c1-5-10-17-14(4)15-8-6-7-9-16(15)19-13(3)11-12(2)18-19/h6-9,11,14,17H,5,10H2,1-4H3. The van der Waals surface area contributed by atoms with E-state index < -0.39 is 0 Å². The van der Waals surface area contributed by atoms with E-state index in [1.54, 1.807) is 0 Å². The molecular formula is C16H23N3. The topological polar surface area (TPSA) is 29.9 Å². The molecule has 0 saturated heterocycles. The number of rotatable bonds is 5. The number of hydrogen-bond donors (Lipinski definition) is 1. The van der Waals surface area contributed by atoms with Gasteiger partial charge in [-0.2, -0.15) is 5.10 Å². The minimum Gasteiger partial charge on any atom is -0.310 e. The molecule has 1 atom stereocenters. The van der Waals surface area contributed by atoms with E-state index in [2.05, 4.69) is 61.5 Å². The molecule has 0 aliphatic carbocycles. The quantitative estimate of drug-likeness (QED) is 0.887. The fourth-order valence-corrected chi connectivity index (χ4v) is 2.39. The second-order valence-electron chi connectivity index (χ2n) is 5.07. The summed E-state index contributed by atoms with van der Waals surface area (Å²) in [6, 6.07) is 10.9. The van der Waals surface area contributed by atoms with Crippen LogP contribution in [0.4, 0.5) is 0 Å². The molecule has 102 valence electrons. The van der Waals surface area contributed by atoms with Gasteiger partial charge < -0.3 is 5.32 Å². The summed E-state index contributed by atoms with van der Waals surface area (Å²) in [5.74, 6) is 0. The third kappa shape index (κ3) is 3.04. The molecule has 1 N–H and O–H groups in total. The SMILES string of the molecule is CCCNC(C)c1ccccc1-n1nc(C)cc1C. The second-order valence-corrected chi connectivity index (χ2v) is 5.07. The van der Waals surface area contributed by atoms with Gasteiger partial charge in [0.05, 0.1) is 11.4 Å². The molecule has 2 aromatic rings. The van der Waals surface area contributed by atoms with Gasteiger partial charge in [0.2, 0.25) is 0 Å². The summed E-state index contributed by atoms with van der Waals surface area (Å²) < 4.78 is 2.04. The zero-order chi connectivity index (χ0) is 13.8. The molecule has 2 rings (SSSR count). The largest absolute Gasteiger partial charge is 0.310 e. The minimum atomic E-state index is 0.333. The first-order valence-corrected chi connectivity index (χ1v) is 6.99. The van der Waals surface area contributed by atoms with Crippen molar-refractivity contribution in [2.24, 2.45) is 0 Å². The van der Waals surface area contributed by atoms with Crippen LogP contribution in [0.5, 0.6) is 0 Å². The van der Waals surface area contributed by atoms with Gasteiger partial charge in [-0.15, -0.1) is 0 Å². The third-order valence-corrected chi connectivity index (χ3v) is 3.34. The first-order chi connectivity index (χ1) is 9.13. The van der Waals surface area contributed by atoms with Gasteiger partial charge in [0.25, 0.3) is 0 Å². The Morgan fingerprint density at radius 1 is 1.26 bits per heavy atom. The molecule has 0 spiro atoms. The predicted octanol–water partition coefficient (Wildman–Crippen LogP) is 3.55. The lowest BCUT2D eigenvalue weighted by molar-refractivity contribution is 0.566. The van der Waals surface area contributed by atoms with Crippen LogP contribution >= 0.6 is 0 Å². The van der Waals surface area contributed by atoms with Crippen molar-refractivity contribution >= 4 is 0 Å². The Kier molecular flexibility index (Phi) is 4.38. The summed E-state index contributed by atoms with van der Waals surface area (Å²) in [4.78, 5) is 0. The van der Waals surface area contributed by atoms with E-state index in [9.17, 15) is 0 Å². The van der Waals surface area contributed by atoms with Crippen molar-refractivity contribution in [1.82, 2.24) is 15.1 Å². The van der Waals surface area contributed by atoms with Crippen LogP contribution in [0.2, 0.25) is 0 Å². The normalized spacial score (nSPS) is 12.6. The van der Waals surface area contributed by atoms with Crippen LogP contribution in [0.15, 0.2) is 30.3 Å². The fourth-order valence-electron chi connectivity index (χ4n) is 2.39. The highest BCUT2D eigenvalue weighted by atomic mass is 15.3. The highest BCUT2D eigenvalue weighted by molar-refractivity contribution is 5.43. The van der Waals surface area contributed by atoms with Gasteiger partial charge in [-0.05, 0) is 51.4 Å². The Balaban J connectivity index is 2.38. The maximum atomic E-state index is 4.59. The van der Waals surface area contributed by atoms with Crippen molar-refractivity contribution in [3.05, 3.63) is 47.3 Å². The fraction of sp³-hybridized carbons (Fsp3) is 0.438.